The van der Waals surface area contributed by atoms with E-state index in [1.165, 1.54) is 0 Å². The zero-order valence-corrected chi connectivity index (χ0v) is 12.4. The molecule has 0 bridgehead atoms. The van der Waals surface area contributed by atoms with Crippen LogP contribution in [0.15, 0.2) is 0 Å². The Morgan fingerprint density at radius 1 is 1.30 bits per heavy atom. The lowest BCUT2D eigenvalue weighted by Gasteiger charge is -2.21. The molecule has 2 fully saturated rings. The average molecular weight is 281 g/mol. The Balaban J connectivity index is 1.98. The molecule has 0 radical (unpaired) electrons. The highest BCUT2D eigenvalue weighted by molar-refractivity contribution is 6.09. The minimum Gasteiger partial charge on any atom is -0.352 e. The maximum atomic E-state index is 12.4. The first-order valence-corrected chi connectivity index (χ1v) is 7.29. The van der Waals surface area contributed by atoms with Crippen LogP contribution in [0.5, 0.6) is 0 Å². The van der Waals surface area contributed by atoms with Gasteiger partial charge in [0.1, 0.15) is 12.1 Å². The van der Waals surface area contributed by atoms with E-state index in [4.69, 9.17) is 0 Å². The molecule has 6 heteroatoms. The summed E-state index contributed by atoms with van der Waals surface area (Å²) in [5, 5.41) is 5.58. The van der Waals surface area contributed by atoms with Crippen molar-refractivity contribution < 1.29 is 14.4 Å². The quantitative estimate of drug-likeness (QED) is 0.755. The lowest BCUT2D eigenvalue weighted by Crippen LogP contribution is -2.46. The molecule has 1 aliphatic carbocycles. The second-order valence-electron chi connectivity index (χ2n) is 6.21. The van der Waals surface area contributed by atoms with Gasteiger partial charge in [0.25, 0.3) is 5.91 Å². The molecule has 0 unspecified atom stereocenters. The van der Waals surface area contributed by atoms with Crippen LogP contribution in [0.4, 0.5) is 4.79 Å². The Morgan fingerprint density at radius 3 is 2.45 bits per heavy atom. The molecular formula is C14H23N3O3. The molecule has 2 N–H and O–H groups in total. The Hall–Kier alpha value is -1.59. The normalized spacial score (nSPS) is 22.5. The summed E-state index contributed by atoms with van der Waals surface area (Å²) in [6.07, 6.45) is 3.24. The number of hydrogen-bond donors (Lipinski definition) is 2. The molecule has 1 atom stereocenters. The van der Waals surface area contributed by atoms with Crippen LogP contribution in [0, 0.1) is 5.92 Å². The molecule has 0 aromatic heterocycles. The lowest BCUT2D eigenvalue weighted by molar-refractivity contribution is -0.135. The number of rotatable bonds is 4. The highest BCUT2D eigenvalue weighted by atomic mass is 16.2. The monoisotopic (exact) mass is 281 g/mol. The van der Waals surface area contributed by atoms with E-state index in [0.29, 0.717) is 18.8 Å². The van der Waals surface area contributed by atoms with Gasteiger partial charge in [0, 0.05) is 6.04 Å². The first kappa shape index (κ1) is 14.8. The van der Waals surface area contributed by atoms with Crippen LogP contribution < -0.4 is 10.6 Å². The molecule has 0 aromatic rings. The maximum Gasteiger partial charge on any atom is 0.325 e. The fourth-order valence-electron chi connectivity index (χ4n) is 2.75. The lowest BCUT2D eigenvalue weighted by atomic mass is 9.98. The van der Waals surface area contributed by atoms with Crippen molar-refractivity contribution in [2.75, 3.05) is 6.54 Å². The summed E-state index contributed by atoms with van der Waals surface area (Å²) in [6.45, 7) is 5.73. The summed E-state index contributed by atoms with van der Waals surface area (Å²) < 4.78 is 0. The van der Waals surface area contributed by atoms with Gasteiger partial charge >= 0.3 is 6.03 Å². The molecule has 4 amide bonds. The Labute approximate surface area is 119 Å². The highest BCUT2D eigenvalue weighted by Crippen LogP contribution is 2.34. The van der Waals surface area contributed by atoms with Crippen LogP contribution in [0.3, 0.4) is 0 Å². The topological polar surface area (TPSA) is 78.5 Å². The summed E-state index contributed by atoms with van der Waals surface area (Å²) in [4.78, 5) is 37.2. The highest BCUT2D eigenvalue weighted by Gasteiger charge is 2.52. The molecular weight excluding hydrogens is 258 g/mol. The minimum atomic E-state index is -0.735. The fraction of sp³-hybridized carbons (Fsp3) is 0.786. The van der Waals surface area contributed by atoms with Crippen LogP contribution >= 0.6 is 0 Å². The van der Waals surface area contributed by atoms with Gasteiger partial charge in [-0.1, -0.05) is 26.7 Å². The number of urea groups is 1. The van der Waals surface area contributed by atoms with Crippen molar-refractivity contribution >= 4 is 17.8 Å². The van der Waals surface area contributed by atoms with Crippen LogP contribution in [0.25, 0.3) is 0 Å². The first-order chi connectivity index (χ1) is 9.35. The molecule has 1 saturated heterocycles. The third-order valence-electron chi connectivity index (χ3n) is 4.39. The zero-order chi connectivity index (χ0) is 14.9. The van der Waals surface area contributed by atoms with E-state index < -0.39 is 11.6 Å². The Kier molecular flexibility index (Phi) is 4.01. The third-order valence-corrected chi connectivity index (χ3v) is 4.39. The van der Waals surface area contributed by atoms with E-state index in [2.05, 4.69) is 10.6 Å². The van der Waals surface area contributed by atoms with Crippen molar-refractivity contribution in [2.24, 2.45) is 5.92 Å². The van der Waals surface area contributed by atoms with Gasteiger partial charge in [0.2, 0.25) is 5.91 Å². The molecule has 20 heavy (non-hydrogen) atoms. The van der Waals surface area contributed by atoms with Gasteiger partial charge in [-0.25, -0.2) is 4.79 Å². The van der Waals surface area contributed by atoms with E-state index in [9.17, 15) is 14.4 Å². The van der Waals surface area contributed by atoms with E-state index >= 15 is 0 Å². The molecule has 1 spiro atoms. The van der Waals surface area contributed by atoms with Crippen molar-refractivity contribution in [3.63, 3.8) is 0 Å². The predicted molar refractivity (Wildman–Crippen MR) is 73.9 cm³/mol. The van der Waals surface area contributed by atoms with Crippen molar-refractivity contribution in [1.82, 2.24) is 15.5 Å². The van der Waals surface area contributed by atoms with Crippen molar-refractivity contribution in [2.45, 2.75) is 58.0 Å². The second kappa shape index (κ2) is 5.42. The van der Waals surface area contributed by atoms with E-state index in [1.807, 2.05) is 20.8 Å². The number of imide groups is 1. The van der Waals surface area contributed by atoms with Crippen molar-refractivity contribution in [3.05, 3.63) is 0 Å². The fourth-order valence-corrected chi connectivity index (χ4v) is 2.75. The number of carbonyl (C=O) groups is 3. The average Bonchev–Trinajstić information content (AvgIpc) is 2.91. The maximum absolute atomic E-state index is 12.4. The van der Waals surface area contributed by atoms with Crippen LogP contribution in [0.1, 0.15) is 46.5 Å². The Bertz CT molecular complexity index is 427. The first-order valence-electron chi connectivity index (χ1n) is 7.29. The minimum absolute atomic E-state index is 0.0173. The molecule has 2 aliphatic rings. The van der Waals surface area contributed by atoms with Gasteiger partial charge < -0.3 is 10.6 Å². The number of carbonyl (C=O) groups excluding carboxylic acids is 3. The molecule has 1 heterocycles. The summed E-state index contributed by atoms with van der Waals surface area (Å²) in [6, 6.07) is -0.423. The summed E-state index contributed by atoms with van der Waals surface area (Å²) in [5.41, 5.74) is -0.735. The van der Waals surface area contributed by atoms with Crippen molar-refractivity contribution in [1.29, 1.82) is 0 Å². The molecule has 112 valence electrons. The van der Waals surface area contributed by atoms with Gasteiger partial charge in [-0.15, -0.1) is 0 Å². The van der Waals surface area contributed by atoms with Gasteiger partial charge in [-0.05, 0) is 25.7 Å². The van der Waals surface area contributed by atoms with Gasteiger partial charge in [-0.3, -0.25) is 14.5 Å². The number of nitrogens with one attached hydrogen (secondary N) is 2. The standard InChI is InChI=1S/C14H23N3O3/c1-9(2)10(3)15-11(18)8-17-12(19)14(16-13(17)20)6-4-5-7-14/h9-10H,4-8H2,1-3H3,(H,15,18)(H,16,20)/t10-/m1/s1. The third kappa shape index (κ3) is 2.64. The van der Waals surface area contributed by atoms with E-state index in [-0.39, 0.29) is 24.4 Å². The molecule has 6 nitrogen and oxygen atoms in total. The number of hydrogen-bond acceptors (Lipinski definition) is 3. The molecule has 2 rings (SSSR count). The number of amides is 4. The molecule has 1 aliphatic heterocycles. The largest absolute Gasteiger partial charge is 0.352 e. The van der Waals surface area contributed by atoms with Crippen molar-refractivity contribution in [3.8, 4) is 0 Å². The van der Waals surface area contributed by atoms with Crippen LogP contribution in [0.2, 0.25) is 0 Å². The molecule has 0 aromatic carbocycles. The molecule has 1 saturated carbocycles. The summed E-state index contributed by atoms with van der Waals surface area (Å²) in [5.74, 6) is -0.222. The summed E-state index contributed by atoms with van der Waals surface area (Å²) in [7, 11) is 0. The zero-order valence-electron chi connectivity index (χ0n) is 12.4. The number of nitrogens with zero attached hydrogens (tertiary/aromatic N) is 1. The van der Waals surface area contributed by atoms with Crippen LogP contribution in [-0.2, 0) is 9.59 Å². The summed E-state index contributed by atoms with van der Waals surface area (Å²) >= 11 is 0. The Morgan fingerprint density at radius 2 is 1.90 bits per heavy atom. The van der Waals surface area contributed by atoms with E-state index in [0.717, 1.165) is 17.7 Å². The van der Waals surface area contributed by atoms with Crippen LogP contribution in [-0.4, -0.2) is 40.9 Å². The SMILES string of the molecule is CC(C)[C@@H](C)NC(=O)CN1C(=O)NC2(CCCC2)C1=O. The predicted octanol–water partition coefficient (Wildman–Crippen LogP) is 1.01. The van der Waals surface area contributed by atoms with Gasteiger partial charge in [0.15, 0.2) is 0 Å². The van der Waals surface area contributed by atoms with Gasteiger partial charge in [-0.2, -0.15) is 0 Å². The second-order valence-corrected chi connectivity index (χ2v) is 6.21. The van der Waals surface area contributed by atoms with E-state index in [1.54, 1.807) is 0 Å². The van der Waals surface area contributed by atoms with Gasteiger partial charge in [0.05, 0.1) is 0 Å². The smallest absolute Gasteiger partial charge is 0.325 e.